The molecule has 2 heterocycles. The summed E-state index contributed by atoms with van der Waals surface area (Å²) in [6.07, 6.45) is 0. The van der Waals surface area contributed by atoms with E-state index in [2.05, 4.69) is 54.0 Å². The van der Waals surface area contributed by atoms with Crippen molar-refractivity contribution in [3.63, 3.8) is 0 Å². The van der Waals surface area contributed by atoms with Gasteiger partial charge in [0.25, 0.3) is 0 Å². The molecule has 0 atom stereocenters. The molecule has 0 bridgehead atoms. The number of ether oxygens (including phenoxy) is 2. The zero-order chi connectivity index (χ0) is 17.2. The number of piperazine rings is 1. The van der Waals surface area contributed by atoms with Crippen molar-refractivity contribution in [2.24, 2.45) is 0 Å². The largest absolute Gasteiger partial charge is 0.486 e. The van der Waals surface area contributed by atoms with Gasteiger partial charge in [0.15, 0.2) is 11.5 Å². The summed E-state index contributed by atoms with van der Waals surface area (Å²) in [4.78, 5) is 5.04. The number of benzene rings is 2. The summed E-state index contributed by atoms with van der Waals surface area (Å²) in [5.74, 6) is 1.76. The Morgan fingerprint density at radius 3 is 2.44 bits per heavy atom. The summed E-state index contributed by atoms with van der Waals surface area (Å²) in [7, 11) is 0. The molecule has 2 aliphatic heterocycles. The maximum Gasteiger partial charge on any atom is 0.161 e. The van der Waals surface area contributed by atoms with Crippen LogP contribution in [0.25, 0.3) is 0 Å². The Balaban J connectivity index is 1.38. The first kappa shape index (κ1) is 16.3. The minimum atomic E-state index is 0.644. The number of aryl methyl sites for hydroxylation is 1. The molecule has 0 radical (unpaired) electrons. The highest BCUT2D eigenvalue weighted by Crippen LogP contribution is 2.31. The number of nitrogens with zero attached hydrogens (tertiary/aromatic N) is 2. The Morgan fingerprint density at radius 2 is 1.64 bits per heavy atom. The molecule has 0 aromatic heterocycles. The van der Waals surface area contributed by atoms with Crippen molar-refractivity contribution in [2.45, 2.75) is 20.4 Å². The molecular weight excluding hydrogens is 312 g/mol. The first-order valence-corrected chi connectivity index (χ1v) is 9.13. The van der Waals surface area contributed by atoms with Crippen molar-refractivity contribution in [3.8, 4) is 11.5 Å². The summed E-state index contributed by atoms with van der Waals surface area (Å²) >= 11 is 0. The van der Waals surface area contributed by atoms with Crippen LogP contribution >= 0.6 is 0 Å². The van der Waals surface area contributed by atoms with Crippen LogP contribution < -0.4 is 14.4 Å². The van der Waals surface area contributed by atoms with Gasteiger partial charge in [0, 0.05) is 38.4 Å². The van der Waals surface area contributed by atoms with Crippen molar-refractivity contribution >= 4 is 5.69 Å². The third-order valence-corrected chi connectivity index (χ3v) is 5.30. The van der Waals surface area contributed by atoms with Gasteiger partial charge in [-0.05, 0) is 48.7 Å². The second-order valence-corrected chi connectivity index (χ2v) is 6.96. The molecule has 2 aliphatic rings. The zero-order valence-corrected chi connectivity index (χ0v) is 15.1. The molecule has 4 rings (SSSR count). The van der Waals surface area contributed by atoms with Gasteiger partial charge >= 0.3 is 0 Å². The molecule has 132 valence electrons. The van der Waals surface area contributed by atoms with Gasteiger partial charge in [-0.3, -0.25) is 4.90 Å². The van der Waals surface area contributed by atoms with Gasteiger partial charge in [-0.15, -0.1) is 0 Å². The number of fused-ring (bicyclic) bond motifs is 1. The molecule has 0 unspecified atom stereocenters. The first-order valence-electron chi connectivity index (χ1n) is 9.13. The maximum atomic E-state index is 5.70. The number of hydrogen-bond acceptors (Lipinski definition) is 4. The second-order valence-electron chi connectivity index (χ2n) is 6.96. The van der Waals surface area contributed by atoms with Gasteiger partial charge in [0.05, 0.1) is 0 Å². The average molecular weight is 338 g/mol. The standard InChI is InChI=1S/C21H26N2O2/c1-16-4-3-5-19(17(16)2)23-10-8-22(9-11-23)15-18-6-7-20-21(14-18)25-13-12-24-20/h3-7,14H,8-13,15H2,1-2H3. The van der Waals surface area contributed by atoms with Crippen LogP contribution in [0.5, 0.6) is 11.5 Å². The molecule has 0 aliphatic carbocycles. The van der Waals surface area contributed by atoms with Gasteiger partial charge in [-0.2, -0.15) is 0 Å². The van der Waals surface area contributed by atoms with Crippen LogP contribution in [0, 0.1) is 13.8 Å². The van der Waals surface area contributed by atoms with E-state index in [-0.39, 0.29) is 0 Å². The minimum Gasteiger partial charge on any atom is -0.486 e. The van der Waals surface area contributed by atoms with E-state index >= 15 is 0 Å². The second kappa shape index (κ2) is 6.96. The molecular formula is C21H26N2O2. The molecule has 1 fully saturated rings. The Hall–Kier alpha value is -2.20. The van der Waals surface area contributed by atoms with E-state index in [1.54, 1.807) is 0 Å². The number of hydrogen-bond donors (Lipinski definition) is 0. The Bertz CT molecular complexity index is 752. The van der Waals surface area contributed by atoms with Gasteiger partial charge < -0.3 is 14.4 Å². The van der Waals surface area contributed by atoms with Crippen LogP contribution in [0.2, 0.25) is 0 Å². The predicted molar refractivity (Wildman–Crippen MR) is 101 cm³/mol. The van der Waals surface area contributed by atoms with Crippen LogP contribution in [0.1, 0.15) is 16.7 Å². The molecule has 1 saturated heterocycles. The predicted octanol–water partition coefficient (Wildman–Crippen LogP) is 3.40. The fourth-order valence-corrected chi connectivity index (χ4v) is 3.67. The SMILES string of the molecule is Cc1cccc(N2CCN(Cc3ccc4c(c3)OCCO4)CC2)c1C. The molecule has 0 spiro atoms. The highest BCUT2D eigenvalue weighted by atomic mass is 16.6. The van der Waals surface area contributed by atoms with Crippen molar-refractivity contribution in [1.82, 2.24) is 4.90 Å². The Labute approximate surface area is 150 Å². The lowest BCUT2D eigenvalue weighted by molar-refractivity contribution is 0.171. The topological polar surface area (TPSA) is 24.9 Å². The fourth-order valence-electron chi connectivity index (χ4n) is 3.67. The summed E-state index contributed by atoms with van der Waals surface area (Å²) < 4.78 is 11.3. The first-order chi connectivity index (χ1) is 12.2. The van der Waals surface area contributed by atoms with Crippen LogP contribution in [0.15, 0.2) is 36.4 Å². The summed E-state index contributed by atoms with van der Waals surface area (Å²) in [5.41, 5.74) is 5.46. The Morgan fingerprint density at radius 1 is 0.880 bits per heavy atom. The summed E-state index contributed by atoms with van der Waals surface area (Å²) in [6.45, 7) is 11.0. The van der Waals surface area contributed by atoms with E-state index in [1.165, 1.54) is 22.4 Å². The van der Waals surface area contributed by atoms with E-state index in [0.29, 0.717) is 13.2 Å². The van der Waals surface area contributed by atoms with Crippen LogP contribution in [0.3, 0.4) is 0 Å². The van der Waals surface area contributed by atoms with Gasteiger partial charge in [0.2, 0.25) is 0 Å². The Kier molecular flexibility index (Phi) is 4.53. The van der Waals surface area contributed by atoms with E-state index in [1.807, 2.05) is 6.07 Å². The zero-order valence-electron chi connectivity index (χ0n) is 15.1. The third kappa shape index (κ3) is 3.45. The maximum absolute atomic E-state index is 5.70. The minimum absolute atomic E-state index is 0.644. The third-order valence-electron chi connectivity index (χ3n) is 5.30. The van der Waals surface area contributed by atoms with Crippen LogP contribution in [-0.4, -0.2) is 44.3 Å². The lowest BCUT2D eigenvalue weighted by Gasteiger charge is -2.37. The smallest absolute Gasteiger partial charge is 0.161 e. The molecule has 0 N–H and O–H groups in total. The molecule has 2 aromatic carbocycles. The van der Waals surface area contributed by atoms with Crippen molar-refractivity contribution in [2.75, 3.05) is 44.3 Å². The van der Waals surface area contributed by atoms with Gasteiger partial charge in [0.1, 0.15) is 13.2 Å². The fraction of sp³-hybridized carbons (Fsp3) is 0.429. The summed E-state index contributed by atoms with van der Waals surface area (Å²) in [5, 5.41) is 0. The van der Waals surface area contributed by atoms with E-state index in [4.69, 9.17) is 9.47 Å². The lowest BCUT2D eigenvalue weighted by Crippen LogP contribution is -2.46. The van der Waals surface area contributed by atoms with Crippen molar-refractivity contribution < 1.29 is 9.47 Å². The molecule has 0 saturated carbocycles. The normalized spacial score (nSPS) is 17.6. The number of rotatable bonds is 3. The highest BCUT2D eigenvalue weighted by molar-refractivity contribution is 5.56. The average Bonchev–Trinajstić information content (AvgIpc) is 2.65. The lowest BCUT2D eigenvalue weighted by atomic mass is 10.1. The molecule has 4 nitrogen and oxygen atoms in total. The number of anilines is 1. The quantitative estimate of drug-likeness (QED) is 0.856. The van der Waals surface area contributed by atoms with E-state index in [9.17, 15) is 0 Å². The molecule has 25 heavy (non-hydrogen) atoms. The molecule has 2 aromatic rings. The summed E-state index contributed by atoms with van der Waals surface area (Å²) in [6, 6.07) is 12.9. The van der Waals surface area contributed by atoms with Crippen LogP contribution in [-0.2, 0) is 6.54 Å². The van der Waals surface area contributed by atoms with E-state index in [0.717, 1.165) is 44.2 Å². The van der Waals surface area contributed by atoms with Gasteiger partial charge in [-0.25, -0.2) is 0 Å². The van der Waals surface area contributed by atoms with Crippen molar-refractivity contribution in [1.29, 1.82) is 0 Å². The van der Waals surface area contributed by atoms with Gasteiger partial charge in [-0.1, -0.05) is 18.2 Å². The van der Waals surface area contributed by atoms with Crippen LogP contribution in [0.4, 0.5) is 5.69 Å². The highest BCUT2D eigenvalue weighted by Gasteiger charge is 2.20. The van der Waals surface area contributed by atoms with E-state index < -0.39 is 0 Å². The molecule has 0 amide bonds. The molecule has 4 heteroatoms. The van der Waals surface area contributed by atoms with Crippen molar-refractivity contribution in [3.05, 3.63) is 53.1 Å². The monoisotopic (exact) mass is 338 g/mol.